The number of anilines is 6. The molecule has 2 aliphatic heterocycles. The van der Waals surface area contributed by atoms with E-state index in [4.69, 9.17) is 0 Å². The van der Waals surface area contributed by atoms with Gasteiger partial charge < -0.3 is 19.6 Å². The molecule has 0 radical (unpaired) electrons. The fraction of sp³-hybridized carbons (Fsp3) is 0.400. The molecule has 0 unspecified atom stereocenters. The third-order valence-electron chi connectivity index (χ3n) is 10.3. The maximum absolute atomic E-state index is 4.43. The minimum absolute atomic E-state index is 0.248. The van der Waals surface area contributed by atoms with Crippen LogP contribution in [-0.2, 0) is 7.05 Å². The summed E-state index contributed by atoms with van der Waals surface area (Å²) in [5, 5.41) is 3.48. The maximum atomic E-state index is 4.43. The van der Waals surface area contributed by atoms with Crippen LogP contribution in [-0.4, -0.2) is 46.4 Å². The zero-order chi connectivity index (χ0) is 49.2. The van der Waals surface area contributed by atoms with E-state index in [0.717, 1.165) is 23.0 Å². The van der Waals surface area contributed by atoms with Gasteiger partial charge in [-0.2, -0.15) is 4.57 Å². The maximum Gasteiger partial charge on any atom is 0.230 e. The number of fused-ring (bicyclic) bond motifs is 3. The molecule has 0 saturated carbocycles. The topological polar surface area (TPSA) is 68.4 Å². The molecule has 0 aliphatic carbocycles. The Morgan fingerprint density at radius 2 is 0.969 bits per heavy atom. The Balaban J connectivity index is 0.000000436. The predicted octanol–water partition coefficient (Wildman–Crippen LogP) is 15.3. The van der Waals surface area contributed by atoms with Gasteiger partial charge in [-0.3, -0.25) is 0 Å². The standard InChI is InChI=1S/C15H14NS.2C14H16N4.6C2H6/c1-11-5-3-4-6-13(11)14-15-12(8-10-17-15)7-9-16(14)2;1-10-6-4-5-7-12(10)18-11(2)17(3)14-13(18)8-15-9-16-14;1-10-6-4-5-7-12(10)18-11(2)17(3)13-8-15-9-16-14(13)18;6*1-2/h3-10H,1-2H3;2*4-9,11H,1-3H3;6*1-2H3/q+1;;;;;;;;/t;2*11-;;;;;;/m.00....../s1. The molecule has 0 bridgehead atoms. The van der Waals surface area contributed by atoms with Crippen molar-refractivity contribution in [3.63, 3.8) is 0 Å². The highest BCUT2D eigenvalue weighted by Crippen LogP contribution is 2.43. The summed E-state index contributed by atoms with van der Waals surface area (Å²) in [6, 6.07) is 29.7. The molecule has 0 saturated heterocycles. The zero-order valence-corrected chi connectivity index (χ0v) is 44.5. The lowest BCUT2D eigenvalue weighted by molar-refractivity contribution is -0.659. The van der Waals surface area contributed by atoms with Gasteiger partial charge in [-0.05, 0) is 81.0 Å². The number of thiophene rings is 1. The summed E-state index contributed by atoms with van der Waals surface area (Å²) < 4.78 is 3.57. The van der Waals surface area contributed by atoms with E-state index in [0.29, 0.717) is 0 Å². The van der Waals surface area contributed by atoms with Crippen molar-refractivity contribution in [1.29, 1.82) is 0 Å². The first-order valence-electron chi connectivity index (χ1n) is 23.8. The molecule has 7 aromatic rings. The number of hydrogen-bond donors (Lipinski definition) is 0. The molecule has 0 amide bonds. The van der Waals surface area contributed by atoms with Gasteiger partial charge in [0, 0.05) is 36.9 Å². The Morgan fingerprint density at radius 1 is 0.508 bits per heavy atom. The summed E-state index contributed by atoms with van der Waals surface area (Å²) in [5.41, 5.74) is 11.0. The van der Waals surface area contributed by atoms with E-state index >= 15 is 0 Å². The summed E-state index contributed by atoms with van der Waals surface area (Å²) in [4.78, 5) is 26.0. The van der Waals surface area contributed by atoms with E-state index in [1.165, 1.54) is 49.4 Å². The van der Waals surface area contributed by atoms with Gasteiger partial charge in [0.15, 0.2) is 17.8 Å². The molecule has 9 rings (SSSR count). The summed E-state index contributed by atoms with van der Waals surface area (Å²) in [5.74, 6) is 1.97. The van der Waals surface area contributed by atoms with Crippen molar-refractivity contribution in [2.45, 2.75) is 130 Å². The molecule has 6 heterocycles. The predicted molar refractivity (Wildman–Crippen MR) is 288 cm³/mol. The van der Waals surface area contributed by atoms with E-state index in [9.17, 15) is 0 Å². The van der Waals surface area contributed by atoms with Crippen molar-refractivity contribution in [3.8, 4) is 11.3 Å². The highest BCUT2D eigenvalue weighted by atomic mass is 32.1. The summed E-state index contributed by atoms with van der Waals surface area (Å²) >= 11 is 1.81. The first-order valence-corrected chi connectivity index (χ1v) is 24.7. The lowest BCUT2D eigenvalue weighted by Crippen LogP contribution is -2.36. The summed E-state index contributed by atoms with van der Waals surface area (Å²) in [6.07, 6.45) is 9.60. The molecule has 3 aromatic carbocycles. The first-order chi connectivity index (χ1) is 31.7. The number of para-hydroxylation sites is 2. The smallest absolute Gasteiger partial charge is 0.230 e. The van der Waals surface area contributed by atoms with Crippen LogP contribution in [0.4, 0.5) is 34.4 Å². The number of benzene rings is 3. The molecule has 0 spiro atoms. The van der Waals surface area contributed by atoms with Crippen LogP contribution in [0.15, 0.2) is 122 Å². The van der Waals surface area contributed by atoms with Crippen molar-refractivity contribution in [2.75, 3.05) is 33.7 Å². The second kappa shape index (κ2) is 30.3. The summed E-state index contributed by atoms with van der Waals surface area (Å²) in [6.45, 7) is 34.8. The third kappa shape index (κ3) is 13.6. The van der Waals surface area contributed by atoms with Crippen molar-refractivity contribution < 1.29 is 4.57 Å². The molecule has 9 nitrogen and oxygen atoms in total. The zero-order valence-electron chi connectivity index (χ0n) is 43.6. The van der Waals surface area contributed by atoms with E-state index in [2.05, 4.69) is 196 Å². The number of rotatable bonds is 3. The van der Waals surface area contributed by atoms with Gasteiger partial charge in [0.25, 0.3) is 0 Å². The molecule has 352 valence electrons. The largest absolute Gasteiger partial charge is 0.350 e. The Hall–Kier alpha value is -5.87. The molecular weight excluding hydrogens is 819 g/mol. The van der Waals surface area contributed by atoms with Crippen LogP contribution in [0, 0.1) is 20.8 Å². The average Bonchev–Trinajstić information content (AvgIpc) is 4.03. The molecule has 10 heteroatoms. The van der Waals surface area contributed by atoms with Crippen molar-refractivity contribution in [3.05, 3.63) is 138 Å². The van der Waals surface area contributed by atoms with Crippen LogP contribution in [0.2, 0.25) is 0 Å². The van der Waals surface area contributed by atoms with Gasteiger partial charge in [-0.15, -0.1) is 11.3 Å². The monoisotopic (exact) mass is 901 g/mol. The molecular formula is C55H82N9S+. The van der Waals surface area contributed by atoms with E-state index < -0.39 is 0 Å². The Morgan fingerprint density at radius 3 is 1.51 bits per heavy atom. The lowest BCUT2D eigenvalue weighted by Gasteiger charge is -2.28. The number of aromatic nitrogens is 5. The van der Waals surface area contributed by atoms with Gasteiger partial charge in [-0.1, -0.05) is 138 Å². The van der Waals surface area contributed by atoms with Gasteiger partial charge in [-0.25, -0.2) is 19.9 Å². The third-order valence-corrected chi connectivity index (χ3v) is 11.2. The van der Waals surface area contributed by atoms with Gasteiger partial charge in [0.2, 0.25) is 5.69 Å². The second-order valence-corrected chi connectivity index (χ2v) is 14.5. The molecule has 4 aromatic heterocycles. The molecule has 2 atom stereocenters. The molecule has 65 heavy (non-hydrogen) atoms. The second-order valence-electron chi connectivity index (χ2n) is 13.6. The molecule has 0 N–H and O–H groups in total. The minimum atomic E-state index is 0.248. The van der Waals surface area contributed by atoms with Crippen molar-refractivity contribution >= 4 is 55.8 Å². The number of hydrogen-bond acceptors (Lipinski definition) is 9. The van der Waals surface area contributed by atoms with Gasteiger partial charge in [0.05, 0.1) is 18.0 Å². The van der Waals surface area contributed by atoms with E-state index in [1.54, 1.807) is 12.7 Å². The first kappa shape index (κ1) is 57.1. The molecule has 2 aliphatic rings. The van der Waals surface area contributed by atoms with Gasteiger partial charge >= 0.3 is 0 Å². The van der Waals surface area contributed by atoms with Crippen LogP contribution >= 0.6 is 11.3 Å². The normalized spacial score (nSPS) is 13.4. The number of nitrogens with zero attached hydrogens (tertiary/aromatic N) is 9. The van der Waals surface area contributed by atoms with Crippen molar-refractivity contribution in [2.24, 2.45) is 7.05 Å². The van der Waals surface area contributed by atoms with Crippen molar-refractivity contribution in [1.82, 2.24) is 19.9 Å². The van der Waals surface area contributed by atoms with Gasteiger partial charge in [0.1, 0.15) is 48.1 Å². The SMILES string of the molecule is CC.CC.CC.CC.CC.CC.Cc1ccccc1-c1c2sccc2cc[n+]1C.Cc1ccccc1N1c2cncnc2N(C)[C@@H]1C.Cc1ccccc1N1c2ncncc2N(C)[C@@H]1C. The Bertz CT molecular complexity index is 2270. The fourth-order valence-corrected chi connectivity index (χ4v) is 8.13. The highest BCUT2D eigenvalue weighted by molar-refractivity contribution is 7.17. The van der Waals surface area contributed by atoms with Crippen LogP contribution < -0.4 is 24.2 Å². The van der Waals surface area contributed by atoms with Crippen LogP contribution in [0.3, 0.4) is 0 Å². The minimum Gasteiger partial charge on any atom is -0.350 e. The highest BCUT2D eigenvalue weighted by Gasteiger charge is 2.34. The fourth-order valence-electron chi connectivity index (χ4n) is 7.15. The van der Waals surface area contributed by atoms with Crippen LogP contribution in [0.1, 0.15) is 114 Å². The number of aryl methyl sites for hydroxylation is 4. The number of pyridine rings is 1. The Kier molecular flexibility index (Phi) is 26.6. The summed E-state index contributed by atoms with van der Waals surface area (Å²) in [7, 11) is 6.25. The lowest BCUT2D eigenvalue weighted by atomic mass is 10.0. The van der Waals surface area contributed by atoms with E-state index in [-0.39, 0.29) is 12.3 Å². The van der Waals surface area contributed by atoms with Crippen LogP contribution in [0.25, 0.3) is 21.3 Å². The Labute approximate surface area is 398 Å². The average molecular weight is 901 g/mol. The van der Waals surface area contributed by atoms with Crippen LogP contribution in [0.5, 0.6) is 0 Å². The quantitative estimate of drug-likeness (QED) is 0.163. The van der Waals surface area contributed by atoms with E-state index in [1.807, 2.05) is 107 Å². The molecule has 0 fully saturated rings.